The molecular formula is C13H14F2N2O2. The van der Waals surface area contributed by atoms with Crippen molar-refractivity contribution in [2.24, 2.45) is 0 Å². The van der Waals surface area contributed by atoms with Gasteiger partial charge in [-0.15, -0.1) is 0 Å². The third-order valence-corrected chi connectivity index (χ3v) is 2.77. The van der Waals surface area contributed by atoms with Crippen LogP contribution in [0.1, 0.15) is 23.5 Å². The second kappa shape index (κ2) is 5.79. The van der Waals surface area contributed by atoms with Gasteiger partial charge in [-0.3, -0.25) is 4.57 Å². The van der Waals surface area contributed by atoms with Crippen LogP contribution in [0.2, 0.25) is 0 Å². The van der Waals surface area contributed by atoms with Crippen LogP contribution >= 0.6 is 0 Å². The number of aromatic nitrogens is 2. The summed E-state index contributed by atoms with van der Waals surface area (Å²) in [4.78, 5) is 3.83. The number of alkyl halides is 2. The molecule has 0 spiro atoms. The Hall–Kier alpha value is -1.95. The van der Waals surface area contributed by atoms with Crippen molar-refractivity contribution in [1.29, 1.82) is 0 Å². The van der Waals surface area contributed by atoms with Crippen LogP contribution in [-0.2, 0) is 13.2 Å². The fourth-order valence-corrected chi connectivity index (χ4v) is 1.81. The van der Waals surface area contributed by atoms with Gasteiger partial charge in [0, 0.05) is 18.0 Å². The van der Waals surface area contributed by atoms with Crippen molar-refractivity contribution >= 4 is 0 Å². The van der Waals surface area contributed by atoms with Gasteiger partial charge in [-0.1, -0.05) is 18.2 Å². The second-order valence-electron chi connectivity index (χ2n) is 4.04. The Morgan fingerprint density at radius 2 is 2.21 bits per heavy atom. The van der Waals surface area contributed by atoms with E-state index in [4.69, 9.17) is 4.74 Å². The molecule has 2 rings (SSSR count). The molecule has 0 saturated heterocycles. The summed E-state index contributed by atoms with van der Waals surface area (Å²) in [7, 11) is 0. The van der Waals surface area contributed by atoms with Crippen molar-refractivity contribution in [1.82, 2.24) is 9.55 Å². The molecule has 1 aromatic heterocycles. The van der Waals surface area contributed by atoms with Crippen LogP contribution in [0.5, 0.6) is 5.75 Å². The molecule has 1 N–H and O–H groups in total. The first-order chi connectivity index (χ1) is 9.13. The molecule has 0 aliphatic rings. The molecule has 4 nitrogen and oxygen atoms in total. The third-order valence-electron chi connectivity index (χ3n) is 2.77. The monoisotopic (exact) mass is 268 g/mol. The number of imidazole rings is 1. The number of hydrogen-bond donors (Lipinski definition) is 1. The summed E-state index contributed by atoms with van der Waals surface area (Å²) in [5.74, 6) is 0.649. The van der Waals surface area contributed by atoms with Crippen LogP contribution in [0.15, 0.2) is 30.6 Å². The summed E-state index contributed by atoms with van der Waals surface area (Å²) >= 11 is 0. The molecule has 1 aromatic carbocycles. The molecule has 0 radical (unpaired) electrons. The number of aliphatic hydroxyl groups excluding tert-OH is 1. The van der Waals surface area contributed by atoms with E-state index in [2.05, 4.69) is 4.98 Å². The Bertz CT molecular complexity index is 555. The van der Waals surface area contributed by atoms with Gasteiger partial charge in [0.15, 0.2) is 5.82 Å². The lowest BCUT2D eigenvalue weighted by atomic mass is 10.1. The van der Waals surface area contributed by atoms with Crippen LogP contribution < -0.4 is 4.74 Å². The summed E-state index contributed by atoms with van der Waals surface area (Å²) in [6.07, 6.45) is 2.50. The largest absolute Gasteiger partial charge is 0.485 e. The number of rotatable bonds is 5. The molecule has 0 atom stereocenters. The predicted molar refractivity (Wildman–Crippen MR) is 64.9 cm³/mol. The molecular weight excluding hydrogens is 254 g/mol. The first kappa shape index (κ1) is 13.5. The zero-order valence-corrected chi connectivity index (χ0v) is 10.4. The number of hydrogen-bond acceptors (Lipinski definition) is 3. The topological polar surface area (TPSA) is 47.3 Å². The first-order valence-electron chi connectivity index (χ1n) is 5.75. The zero-order valence-electron chi connectivity index (χ0n) is 10.4. The number of aryl methyl sites for hydroxylation is 1. The summed E-state index contributed by atoms with van der Waals surface area (Å²) in [5.41, 5.74) is 1.46. The van der Waals surface area contributed by atoms with Crippen LogP contribution in [-0.4, -0.2) is 14.7 Å². The molecule has 6 heteroatoms. The van der Waals surface area contributed by atoms with Crippen molar-refractivity contribution in [3.8, 4) is 5.75 Å². The first-order valence-corrected chi connectivity index (χ1v) is 5.75. The highest BCUT2D eigenvalue weighted by atomic mass is 19.3. The fourth-order valence-electron chi connectivity index (χ4n) is 1.81. The molecule has 0 unspecified atom stereocenters. The van der Waals surface area contributed by atoms with Crippen molar-refractivity contribution in [2.75, 3.05) is 0 Å². The van der Waals surface area contributed by atoms with Crippen LogP contribution in [0, 0.1) is 6.92 Å². The van der Waals surface area contributed by atoms with Gasteiger partial charge in [0.2, 0.25) is 0 Å². The minimum Gasteiger partial charge on any atom is -0.485 e. The van der Waals surface area contributed by atoms with Crippen molar-refractivity contribution < 1.29 is 18.6 Å². The molecule has 102 valence electrons. The van der Waals surface area contributed by atoms with Gasteiger partial charge in [0.25, 0.3) is 0 Å². The second-order valence-corrected chi connectivity index (χ2v) is 4.04. The van der Waals surface area contributed by atoms with E-state index in [1.54, 1.807) is 12.1 Å². The molecule has 0 fully saturated rings. The molecule has 0 aliphatic carbocycles. The Morgan fingerprint density at radius 1 is 1.42 bits per heavy atom. The molecule has 0 amide bonds. The maximum atomic E-state index is 12.6. The minimum absolute atomic E-state index is 0.0742. The van der Waals surface area contributed by atoms with Crippen LogP contribution in [0.4, 0.5) is 8.78 Å². The lowest BCUT2D eigenvalue weighted by Crippen LogP contribution is -2.08. The number of para-hydroxylation sites is 1. The summed E-state index contributed by atoms with van der Waals surface area (Å²) in [6.45, 7) is -1.06. The van der Waals surface area contributed by atoms with Gasteiger partial charge < -0.3 is 9.84 Å². The fraction of sp³-hybridized carbons (Fsp3) is 0.308. The van der Waals surface area contributed by atoms with E-state index in [1.807, 2.05) is 13.0 Å². The highest BCUT2D eigenvalue weighted by Gasteiger charge is 2.13. The molecule has 0 aliphatic heterocycles. The van der Waals surface area contributed by atoms with Gasteiger partial charge in [0.05, 0.1) is 6.61 Å². The number of halogens is 2. The van der Waals surface area contributed by atoms with Crippen molar-refractivity contribution in [3.05, 3.63) is 47.5 Å². The predicted octanol–water partition coefficient (Wildman–Crippen LogP) is 2.66. The lowest BCUT2D eigenvalue weighted by Gasteiger charge is -2.13. The van der Waals surface area contributed by atoms with Crippen molar-refractivity contribution in [2.45, 2.75) is 26.7 Å². The average molecular weight is 268 g/mol. The van der Waals surface area contributed by atoms with Crippen molar-refractivity contribution in [3.63, 3.8) is 0 Å². The third kappa shape index (κ3) is 2.90. The number of nitrogens with zero attached hydrogens (tertiary/aromatic N) is 2. The standard InChI is InChI=1S/C13H14F2N2O2/c1-9-3-2-4-10(7-18)12(9)19-8-11-16-5-6-17(11)13(14)15/h2-6,13,18H,7-8H2,1H3. The Kier molecular flexibility index (Phi) is 4.11. The van der Waals surface area contributed by atoms with Gasteiger partial charge in [-0.25, -0.2) is 4.98 Å². The van der Waals surface area contributed by atoms with E-state index in [-0.39, 0.29) is 19.0 Å². The Labute approximate surface area is 109 Å². The molecule has 0 saturated carbocycles. The molecule has 19 heavy (non-hydrogen) atoms. The van der Waals surface area contributed by atoms with Gasteiger partial charge in [-0.2, -0.15) is 8.78 Å². The van der Waals surface area contributed by atoms with E-state index in [0.29, 0.717) is 11.3 Å². The van der Waals surface area contributed by atoms with Gasteiger partial charge in [0.1, 0.15) is 12.4 Å². The quantitative estimate of drug-likeness (QED) is 0.906. The Balaban J connectivity index is 2.17. The smallest absolute Gasteiger partial charge is 0.320 e. The summed E-state index contributed by atoms with van der Waals surface area (Å²) in [6, 6.07) is 5.35. The van der Waals surface area contributed by atoms with Gasteiger partial charge in [-0.05, 0) is 12.5 Å². The van der Waals surface area contributed by atoms with E-state index in [1.165, 1.54) is 12.4 Å². The maximum absolute atomic E-state index is 12.6. The zero-order chi connectivity index (χ0) is 13.8. The summed E-state index contributed by atoms with van der Waals surface area (Å²) in [5, 5.41) is 9.22. The lowest BCUT2D eigenvalue weighted by molar-refractivity contribution is 0.0631. The number of aliphatic hydroxyl groups is 1. The molecule has 2 aromatic rings. The van der Waals surface area contributed by atoms with Crippen LogP contribution in [0.3, 0.4) is 0 Å². The maximum Gasteiger partial charge on any atom is 0.320 e. The normalized spacial score (nSPS) is 11.0. The van der Waals surface area contributed by atoms with E-state index in [9.17, 15) is 13.9 Å². The Morgan fingerprint density at radius 3 is 2.89 bits per heavy atom. The highest BCUT2D eigenvalue weighted by molar-refractivity contribution is 5.40. The van der Waals surface area contributed by atoms with Gasteiger partial charge >= 0.3 is 6.55 Å². The van der Waals surface area contributed by atoms with Crippen LogP contribution in [0.25, 0.3) is 0 Å². The number of ether oxygens (including phenoxy) is 1. The average Bonchev–Trinajstić information content (AvgIpc) is 2.85. The molecule has 1 heterocycles. The SMILES string of the molecule is Cc1cccc(CO)c1OCc1nccn1C(F)F. The number of benzene rings is 1. The minimum atomic E-state index is -2.64. The highest BCUT2D eigenvalue weighted by Crippen LogP contribution is 2.24. The summed E-state index contributed by atoms with van der Waals surface area (Å²) < 4.78 is 31.5. The van der Waals surface area contributed by atoms with E-state index < -0.39 is 6.55 Å². The van der Waals surface area contributed by atoms with E-state index in [0.717, 1.165) is 10.1 Å². The van der Waals surface area contributed by atoms with E-state index >= 15 is 0 Å². The molecule has 0 bridgehead atoms.